The highest BCUT2D eigenvalue weighted by Crippen LogP contribution is 2.59. The second-order valence-electron chi connectivity index (χ2n) is 21.6. The highest BCUT2D eigenvalue weighted by molar-refractivity contribution is 6.88. The van der Waals surface area contributed by atoms with Gasteiger partial charge in [-0.05, 0) is 150 Å². The fourth-order valence-electron chi connectivity index (χ4n) is 12.9. The molecule has 0 saturated carbocycles. The third kappa shape index (κ3) is 6.57. The Bertz CT molecular complexity index is 4340. The van der Waals surface area contributed by atoms with Crippen LogP contribution < -0.4 is 15.0 Å². The maximum absolute atomic E-state index is 2.50. The van der Waals surface area contributed by atoms with Crippen LogP contribution in [0.15, 0.2) is 243 Å². The molecule has 0 saturated heterocycles. The second-order valence-corrected chi connectivity index (χ2v) is 26.7. The lowest BCUT2D eigenvalue weighted by molar-refractivity contribution is 1.29. The molecule has 12 aromatic rings. The SMILES string of the molecule is Cc1ccc2c(c1)-c1ccccc1-c1ccccc1N2c1ccc(-c2c3c(c(-c4ccc(N5c6ccccc6-c6ccccc6-c6cc([Si](C)(C)C)ccc65)cc4)c4ccccc24)-c2cccc4cccc-3c24)cc1. The maximum Gasteiger partial charge on any atom is 0.0776 e. The molecule has 75 heavy (non-hydrogen) atoms. The van der Waals surface area contributed by atoms with E-state index in [1.807, 2.05) is 0 Å². The molecule has 12 aromatic carbocycles. The average molecular weight is 973 g/mol. The lowest BCUT2D eigenvalue weighted by Crippen LogP contribution is -2.37. The van der Waals surface area contributed by atoms with E-state index in [0.717, 1.165) is 11.4 Å². The van der Waals surface area contributed by atoms with E-state index in [1.54, 1.807) is 0 Å². The number of nitrogens with zero attached hydrogens (tertiary/aromatic N) is 2. The zero-order chi connectivity index (χ0) is 50.1. The third-order valence-electron chi connectivity index (χ3n) is 16.3. The van der Waals surface area contributed by atoms with Crippen molar-refractivity contribution in [3.63, 3.8) is 0 Å². The maximum atomic E-state index is 2.50. The number of benzene rings is 12. The number of aryl methyl sites for hydroxylation is 1. The minimum Gasteiger partial charge on any atom is -0.309 e. The van der Waals surface area contributed by atoms with E-state index in [0.29, 0.717) is 0 Å². The number of hydrogen-bond donors (Lipinski definition) is 0. The van der Waals surface area contributed by atoms with Gasteiger partial charge in [-0.25, -0.2) is 0 Å². The lowest BCUT2D eigenvalue weighted by Gasteiger charge is -2.29. The van der Waals surface area contributed by atoms with Crippen LogP contribution in [0, 0.1) is 6.92 Å². The summed E-state index contributed by atoms with van der Waals surface area (Å²) in [7, 11) is -1.62. The Hall–Kier alpha value is -9.02. The minimum absolute atomic E-state index is 1.13. The van der Waals surface area contributed by atoms with E-state index >= 15 is 0 Å². The molecule has 3 aliphatic rings. The number of anilines is 6. The smallest absolute Gasteiger partial charge is 0.0776 e. The van der Waals surface area contributed by atoms with E-state index in [-0.39, 0.29) is 0 Å². The van der Waals surface area contributed by atoms with Gasteiger partial charge in [0.25, 0.3) is 0 Å². The van der Waals surface area contributed by atoms with Gasteiger partial charge >= 0.3 is 0 Å². The Morgan fingerprint density at radius 3 is 1.16 bits per heavy atom. The molecule has 0 atom stereocenters. The van der Waals surface area contributed by atoms with Gasteiger partial charge in [-0.1, -0.05) is 218 Å². The summed E-state index contributed by atoms with van der Waals surface area (Å²) in [5.41, 5.74) is 28.4. The normalized spacial score (nSPS) is 12.7. The highest BCUT2D eigenvalue weighted by Gasteiger charge is 2.33. The number of fused-ring (bicyclic) bond motifs is 14. The third-order valence-corrected chi connectivity index (χ3v) is 18.3. The van der Waals surface area contributed by atoms with Gasteiger partial charge in [0.05, 0.1) is 30.8 Å². The summed E-state index contributed by atoms with van der Waals surface area (Å²) in [4.78, 5) is 4.96. The second kappa shape index (κ2) is 16.5. The van der Waals surface area contributed by atoms with Crippen LogP contribution in [0.2, 0.25) is 19.6 Å². The van der Waals surface area contributed by atoms with Gasteiger partial charge in [-0.3, -0.25) is 0 Å². The summed E-state index contributed by atoms with van der Waals surface area (Å²) in [5.74, 6) is 0. The molecule has 3 heteroatoms. The zero-order valence-corrected chi connectivity index (χ0v) is 43.5. The predicted molar refractivity (Wildman–Crippen MR) is 323 cm³/mol. The molecule has 354 valence electrons. The van der Waals surface area contributed by atoms with Crippen molar-refractivity contribution in [2.45, 2.75) is 26.6 Å². The van der Waals surface area contributed by atoms with Crippen molar-refractivity contribution in [2.24, 2.45) is 0 Å². The van der Waals surface area contributed by atoms with Crippen molar-refractivity contribution < 1.29 is 0 Å². The molecule has 0 unspecified atom stereocenters. The predicted octanol–water partition coefficient (Wildman–Crippen LogP) is 20.1. The average Bonchev–Trinajstić information content (AvgIpc) is 3.77. The first-order valence-corrected chi connectivity index (χ1v) is 29.8. The molecular weight excluding hydrogens is 921 g/mol. The van der Waals surface area contributed by atoms with E-state index in [4.69, 9.17) is 0 Å². The Morgan fingerprint density at radius 1 is 0.293 bits per heavy atom. The Labute approximate surface area is 440 Å². The molecule has 2 heterocycles. The Morgan fingerprint density at radius 2 is 0.680 bits per heavy atom. The lowest BCUT2D eigenvalue weighted by atomic mass is 9.82. The van der Waals surface area contributed by atoms with Gasteiger partial charge < -0.3 is 9.80 Å². The van der Waals surface area contributed by atoms with Crippen LogP contribution in [-0.2, 0) is 0 Å². The monoisotopic (exact) mass is 972 g/mol. The van der Waals surface area contributed by atoms with Crippen molar-refractivity contribution >= 4 is 68.9 Å². The first-order chi connectivity index (χ1) is 36.8. The molecule has 2 aliphatic heterocycles. The molecule has 0 radical (unpaired) electrons. The van der Waals surface area contributed by atoms with E-state index in [1.165, 1.54) is 144 Å². The topological polar surface area (TPSA) is 6.48 Å². The van der Waals surface area contributed by atoms with Gasteiger partial charge in [0, 0.05) is 33.6 Å². The molecule has 15 rings (SSSR count). The van der Waals surface area contributed by atoms with Crippen molar-refractivity contribution in [1.29, 1.82) is 0 Å². The summed E-state index contributed by atoms with van der Waals surface area (Å²) in [6.45, 7) is 9.53. The fourth-order valence-corrected chi connectivity index (χ4v) is 14.0. The summed E-state index contributed by atoms with van der Waals surface area (Å²) >= 11 is 0. The molecule has 2 nitrogen and oxygen atoms in total. The van der Waals surface area contributed by atoms with Crippen LogP contribution >= 0.6 is 0 Å². The van der Waals surface area contributed by atoms with Gasteiger partial charge in [-0.2, -0.15) is 0 Å². The van der Waals surface area contributed by atoms with Gasteiger partial charge in [0.15, 0.2) is 0 Å². The molecular formula is C72H52N2Si. The number of hydrogen-bond acceptors (Lipinski definition) is 2. The summed E-state index contributed by atoms with van der Waals surface area (Å²) in [6.07, 6.45) is 0. The molecule has 0 N–H and O–H groups in total. The van der Waals surface area contributed by atoms with Crippen molar-refractivity contribution in [1.82, 2.24) is 0 Å². The van der Waals surface area contributed by atoms with E-state index in [9.17, 15) is 0 Å². The molecule has 1 aliphatic carbocycles. The Kier molecular flexibility index (Phi) is 9.58. The van der Waals surface area contributed by atoms with Crippen molar-refractivity contribution in [3.05, 3.63) is 248 Å². The van der Waals surface area contributed by atoms with Gasteiger partial charge in [0.1, 0.15) is 0 Å². The van der Waals surface area contributed by atoms with Crippen LogP contribution in [0.5, 0.6) is 0 Å². The number of para-hydroxylation sites is 2. The van der Waals surface area contributed by atoms with Gasteiger partial charge in [0.2, 0.25) is 0 Å². The molecule has 0 fully saturated rings. The first-order valence-electron chi connectivity index (χ1n) is 26.3. The van der Waals surface area contributed by atoms with Gasteiger partial charge in [-0.15, -0.1) is 0 Å². The van der Waals surface area contributed by atoms with Crippen LogP contribution in [0.4, 0.5) is 34.1 Å². The van der Waals surface area contributed by atoms with Crippen molar-refractivity contribution in [2.75, 3.05) is 9.80 Å². The van der Waals surface area contributed by atoms with Crippen LogP contribution in [-0.4, -0.2) is 8.07 Å². The zero-order valence-electron chi connectivity index (χ0n) is 42.5. The van der Waals surface area contributed by atoms with E-state index in [2.05, 4.69) is 279 Å². The first kappa shape index (κ1) is 43.5. The molecule has 0 amide bonds. The fraction of sp³-hybridized carbons (Fsp3) is 0.0556. The van der Waals surface area contributed by atoms with Crippen molar-refractivity contribution in [3.8, 4) is 89.0 Å². The molecule has 0 spiro atoms. The summed E-state index contributed by atoms with van der Waals surface area (Å²) < 4.78 is 0. The molecule has 0 aromatic heterocycles. The quantitative estimate of drug-likeness (QED) is 0.159. The van der Waals surface area contributed by atoms with Crippen LogP contribution in [0.25, 0.3) is 111 Å². The summed E-state index contributed by atoms with van der Waals surface area (Å²) in [6, 6.07) is 91.5. The molecule has 0 bridgehead atoms. The largest absolute Gasteiger partial charge is 0.309 e. The minimum atomic E-state index is -1.62. The standard InChI is InChI=1S/C72H52N2Si/c1-45-31-41-66-62(43-45)54-21-7-5-19-52(54)56-23-11-13-29-64(56)73(66)49-36-32-47(33-37-49)69-58-25-9-10-26-59(58)70(72-61-28-16-18-46-17-15-27-60(68(46)61)71(69)72)48-34-38-50(39-35-48)74-65-30-14-12-24-57(65)53-20-6-8-22-55(53)63-44-51(75(2,3)4)40-42-67(63)74/h5-44H,1-4H3. The van der Waals surface area contributed by atoms with E-state index < -0.39 is 8.07 Å². The Balaban J connectivity index is 0.915. The van der Waals surface area contributed by atoms with Crippen LogP contribution in [0.3, 0.4) is 0 Å². The highest BCUT2D eigenvalue weighted by atomic mass is 28.3. The number of rotatable bonds is 5. The van der Waals surface area contributed by atoms with Crippen LogP contribution in [0.1, 0.15) is 5.56 Å². The summed E-state index contributed by atoms with van der Waals surface area (Å²) in [5, 5.41) is 6.54.